The van der Waals surface area contributed by atoms with E-state index in [1.54, 1.807) is 32.4 Å². The van der Waals surface area contributed by atoms with Gasteiger partial charge in [-0.1, -0.05) is 22.4 Å². The van der Waals surface area contributed by atoms with Crippen molar-refractivity contribution in [1.82, 2.24) is 5.32 Å². The van der Waals surface area contributed by atoms with Crippen molar-refractivity contribution in [3.63, 3.8) is 0 Å². The number of amides is 1. The van der Waals surface area contributed by atoms with Gasteiger partial charge in [0.1, 0.15) is 11.5 Å². The maximum atomic E-state index is 12.4. The molecule has 20 heavy (non-hydrogen) atoms. The fraction of sp³-hybridized carbons (Fsp3) is 0.533. The number of halogens is 1. The molecule has 1 amide bonds. The van der Waals surface area contributed by atoms with E-state index in [0.717, 1.165) is 18.2 Å². The monoisotopic (exact) mass is 341 g/mol. The first kappa shape index (κ1) is 15.2. The van der Waals surface area contributed by atoms with Crippen LogP contribution >= 0.6 is 15.9 Å². The molecule has 110 valence electrons. The van der Waals surface area contributed by atoms with Crippen molar-refractivity contribution in [3.05, 3.63) is 23.8 Å². The van der Waals surface area contributed by atoms with Crippen LogP contribution in [0.25, 0.3) is 0 Å². The zero-order chi connectivity index (χ0) is 14.5. The molecule has 0 bridgehead atoms. The maximum absolute atomic E-state index is 12.4. The first-order chi connectivity index (χ1) is 9.67. The molecule has 4 nitrogen and oxygen atoms in total. The van der Waals surface area contributed by atoms with Crippen molar-refractivity contribution in [2.45, 2.75) is 25.3 Å². The van der Waals surface area contributed by atoms with Crippen LogP contribution in [0.5, 0.6) is 11.5 Å². The normalized spacial score (nSPS) is 21.6. The third kappa shape index (κ3) is 3.45. The summed E-state index contributed by atoms with van der Waals surface area (Å²) in [6, 6.07) is 5.47. The number of carbonyl (C=O) groups excluding carboxylic acids is 1. The molecule has 0 aliphatic heterocycles. The average Bonchev–Trinajstić information content (AvgIpc) is 2.93. The molecule has 0 heterocycles. The minimum absolute atomic E-state index is 0.0694. The summed E-state index contributed by atoms with van der Waals surface area (Å²) in [4.78, 5) is 12.4. The quantitative estimate of drug-likeness (QED) is 0.837. The molecule has 1 N–H and O–H groups in total. The zero-order valence-corrected chi connectivity index (χ0v) is 13.4. The molecule has 5 heteroatoms. The summed E-state index contributed by atoms with van der Waals surface area (Å²) in [6.45, 7) is 0. The van der Waals surface area contributed by atoms with Crippen molar-refractivity contribution in [2.24, 2.45) is 5.92 Å². The number of nitrogens with one attached hydrogen (secondary N) is 1. The second-order valence-corrected chi connectivity index (χ2v) is 5.67. The van der Waals surface area contributed by atoms with E-state index >= 15 is 0 Å². The van der Waals surface area contributed by atoms with Crippen LogP contribution in [0.4, 0.5) is 0 Å². The standard InChI is InChI=1S/C15H20BrNO3/c1-19-12-6-11(7-13(8-12)20-2)15(18)17-14-5-3-4-10(14)9-16/h6-8,10,14H,3-5,9H2,1-2H3,(H,17,18). The van der Waals surface area contributed by atoms with Crippen LogP contribution in [0.15, 0.2) is 18.2 Å². The molecular weight excluding hydrogens is 322 g/mol. The summed E-state index contributed by atoms with van der Waals surface area (Å²) in [6.07, 6.45) is 3.38. The van der Waals surface area contributed by atoms with E-state index in [2.05, 4.69) is 21.2 Å². The van der Waals surface area contributed by atoms with Crippen LogP contribution in [0.3, 0.4) is 0 Å². The molecule has 1 aromatic carbocycles. The SMILES string of the molecule is COc1cc(OC)cc(C(=O)NC2CCCC2CBr)c1. The van der Waals surface area contributed by atoms with Gasteiger partial charge in [0.05, 0.1) is 14.2 Å². The number of methoxy groups -OCH3 is 2. The Labute approximate surface area is 128 Å². The Hall–Kier alpha value is -1.23. The Morgan fingerprint density at radius 1 is 1.25 bits per heavy atom. The molecular formula is C15H20BrNO3. The first-order valence-corrected chi connectivity index (χ1v) is 7.90. The van der Waals surface area contributed by atoms with Gasteiger partial charge in [-0.3, -0.25) is 4.79 Å². The van der Waals surface area contributed by atoms with E-state index in [1.165, 1.54) is 6.42 Å². The highest BCUT2D eigenvalue weighted by Crippen LogP contribution is 2.28. The second kappa shape index (κ2) is 6.97. The van der Waals surface area contributed by atoms with E-state index in [4.69, 9.17) is 9.47 Å². The highest BCUT2D eigenvalue weighted by atomic mass is 79.9. The summed E-state index contributed by atoms with van der Waals surface area (Å²) >= 11 is 3.52. The summed E-state index contributed by atoms with van der Waals surface area (Å²) < 4.78 is 10.4. The predicted molar refractivity (Wildman–Crippen MR) is 81.9 cm³/mol. The predicted octanol–water partition coefficient (Wildman–Crippen LogP) is 3.00. The van der Waals surface area contributed by atoms with Gasteiger partial charge < -0.3 is 14.8 Å². The van der Waals surface area contributed by atoms with E-state index in [0.29, 0.717) is 23.0 Å². The largest absolute Gasteiger partial charge is 0.497 e. The van der Waals surface area contributed by atoms with Crippen LogP contribution in [-0.4, -0.2) is 31.5 Å². The highest BCUT2D eigenvalue weighted by Gasteiger charge is 2.28. The molecule has 1 aliphatic carbocycles. The van der Waals surface area contributed by atoms with Crippen LogP contribution in [-0.2, 0) is 0 Å². The number of rotatable bonds is 5. The van der Waals surface area contributed by atoms with Crippen LogP contribution in [0.1, 0.15) is 29.6 Å². The van der Waals surface area contributed by atoms with Crippen molar-refractivity contribution in [1.29, 1.82) is 0 Å². The number of carbonyl (C=O) groups is 1. The number of hydrogen-bond acceptors (Lipinski definition) is 3. The van der Waals surface area contributed by atoms with Gasteiger partial charge in [0, 0.05) is 23.0 Å². The van der Waals surface area contributed by atoms with Gasteiger partial charge >= 0.3 is 0 Å². The third-order valence-corrected chi connectivity index (χ3v) is 4.62. The van der Waals surface area contributed by atoms with Gasteiger partial charge in [0.2, 0.25) is 0 Å². The molecule has 0 spiro atoms. The summed E-state index contributed by atoms with van der Waals surface area (Å²) in [5.74, 6) is 1.70. The smallest absolute Gasteiger partial charge is 0.251 e. The van der Waals surface area contributed by atoms with E-state index in [9.17, 15) is 4.79 Å². The van der Waals surface area contributed by atoms with Crippen molar-refractivity contribution >= 4 is 21.8 Å². The fourth-order valence-electron chi connectivity index (χ4n) is 2.60. The molecule has 2 atom stereocenters. The van der Waals surface area contributed by atoms with Gasteiger partial charge in [0.15, 0.2) is 0 Å². The highest BCUT2D eigenvalue weighted by molar-refractivity contribution is 9.09. The summed E-state index contributed by atoms with van der Waals surface area (Å²) in [5.41, 5.74) is 0.571. The van der Waals surface area contributed by atoms with Gasteiger partial charge in [-0.05, 0) is 30.9 Å². The molecule has 0 radical (unpaired) electrons. The van der Waals surface area contributed by atoms with E-state index in [1.807, 2.05) is 0 Å². The van der Waals surface area contributed by atoms with Crippen LogP contribution in [0.2, 0.25) is 0 Å². The molecule has 0 aromatic heterocycles. The Kier molecular flexibility index (Phi) is 5.29. The Morgan fingerprint density at radius 3 is 2.45 bits per heavy atom. The number of alkyl halides is 1. The van der Waals surface area contributed by atoms with E-state index < -0.39 is 0 Å². The number of ether oxygens (including phenoxy) is 2. The number of benzene rings is 1. The van der Waals surface area contributed by atoms with Crippen LogP contribution in [0, 0.1) is 5.92 Å². The van der Waals surface area contributed by atoms with Gasteiger partial charge in [-0.2, -0.15) is 0 Å². The Bertz CT molecular complexity index is 456. The Morgan fingerprint density at radius 2 is 1.90 bits per heavy atom. The van der Waals surface area contributed by atoms with Crippen molar-refractivity contribution in [2.75, 3.05) is 19.5 Å². The Balaban J connectivity index is 2.12. The zero-order valence-electron chi connectivity index (χ0n) is 11.8. The topological polar surface area (TPSA) is 47.6 Å². The third-order valence-electron chi connectivity index (χ3n) is 3.79. The molecule has 0 saturated heterocycles. The second-order valence-electron chi connectivity index (χ2n) is 5.03. The van der Waals surface area contributed by atoms with Crippen molar-refractivity contribution < 1.29 is 14.3 Å². The minimum atomic E-state index is -0.0694. The fourth-order valence-corrected chi connectivity index (χ4v) is 3.38. The lowest BCUT2D eigenvalue weighted by atomic mass is 10.1. The van der Waals surface area contributed by atoms with E-state index in [-0.39, 0.29) is 11.9 Å². The summed E-state index contributed by atoms with van der Waals surface area (Å²) in [7, 11) is 3.16. The number of hydrogen-bond donors (Lipinski definition) is 1. The summed E-state index contributed by atoms with van der Waals surface area (Å²) in [5, 5.41) is 4.05. The van der Waals surface area contributed by atoms with Crippen molar-refractivity contribution in [3.8, 4) is 11.5 Å². The molecule has 1 aromatic rings. The molecule has 2 unspecified atom stereocenters. The lowest BCUT2D eigenvalue weighted by Crippen LogP contribution is -2.37. The molecule has 2 rings (SSSR count). The molecule has 1 saturated carbocycles. The molecule has 1 aliphatic rings. The van der Waals surface area contributed by atoms with Gasteiger partial charge in [0.25, 0.3) is 5.91 Å². The lowest BCUT2D eigenvalue weighted by molar-refractivity contribution is 0.0929. The minimum Gasteiger partial charge on any atom is -0.497 e. The lowest BCUT2D eigenvalue weighted by Gasteiger charge is -2.19. The van der Waals surface area contributed by atoms with Gasteiger partial charge in [-0.25, -0.2) is 0 Å². The maximum Gasteiger partial charge on any atom is 0.251 e. The van der Waals surface area contributed by atoms with Crippen LogP contribution < -0.4 is 14.8 Å². The molecule has 1 fully saturated rings. The van der Waals surface area contributed by atoms with Gasteiger partial charge in [-0.15, -0.1) is 0 Å². The first-order valence-electron chi connectivity index (χ1n) is 6.77. The average molecular weight is 342 g/mol.